The SMILES string of the molecule is CCC(O)(CC)C(=O)N[C@H]1Cc2ccc3c(c2)C24c5cccc(c5NC2O3)-c2cccc3c2c(c(Cl)n3O[P+](=O)O)-c2oc(nc2Cl)-c2nc(oc24)C(C(C)C)NC1=O. The molecule has 5 atom stereocenters. The molecule has 4 aliphatic rings. The molecule has 0 aliphatic carbocycles. The number of rotatable bonds is 7. The van der Waals surface area contributed by atoms with Crippen molar-refractivity contribution in [1.29, 1.82) is 0 Å². The third kappa shape index (κ3) is 5.28. The van der Waals surface area contributed by atoms with Gasteiger partial charge in [0, 0.05) is 38.7 Å². The van der Waals surface area contributed by atoms with Crippen LogP contribution in [0.2, 0.25) is 10.3 Å². The topological polar surface area (TPSA) is 203 Å². The highest BCUT2D eigenvalue weighted by molar-refractivity contribution is 7.32. The lowest BCUT2D eigenvalue weighted by atomic mass is 9.72. The van der Waals surface area contributed by atoms with Gasteiger partial charge in [-0.15, -0.1) is 14.2 Å². The van der Waals surface area contributed by atoms with Gasteiger partial charge >= 0.3 is 8.25 Å². The Hall–Kier alpha value is -5.44. The van der Waals surface area contributed by atoms with Crippen LogP contribution in [0.1, 0.15) is 74.9 Å². The number of carbonyl (C=O) groups excluding carboxylic acids is 2. The van der Waals surface area contributed by atoms with Crippen LogP contribution in [0, 0.1) is 5.92 Å². The van der Waals surface area contributed by atoms with Crippen molar-refractivity contribution in [3.8, 4) is 39.8 Å². The van der Waals surface area contributed by atoms with E-state index in [0.717, 1.165) is 15.9 Å². The maximum Gasteiger partial charge on any atom is 0.768 e. The average molecular weight is 859 g/mol. The van der Waals surface area contributed by atoms with Crippen molar-refractivity contribution in [2.45, 2.75) is 76.3 Å². The largest absolute Gasteiger partial charge is 0.768 e. The molecule has 2 amide bonds. The Balaban J connectivity index is 1.29. The van der Waals surface area contributed by atoms with E-state index < -0.39 is 49.4 Å². The molecule has 6 aromatic rings. The number of nitrogens with one attached hydrogen (secondary N) is 3. The number of hydrogen-bond acceptors (Lipinski definition) is 11. The van der Waals surface area contributed by atoms with Crippen LogP contribution in [0.3, 0.4) is 0 Å². The summed E-state index contributed by atoms with van der Waals surface area (Å²) in [6.45, 7) is 7.24. The lowest BCUT2D eigenvalue weighted by Gasteiger charge is -2.30. The summed E-state index contributed by atoms with van der Waals surface area (Å²) in [5, 5.41) is 21.1. The predicted molar refractivity (Wildman–Crippen MR) is 216 cm³/mol. The van der Waals surface area contributed by atoms with Crippen molar-refractivity contribution in [2.75, 3.05) is 5.32 Å². The fourth-order valence-corrected chi connectivity index (χ4v) is 9.90. The number of oxazole rings is 2. The van der Waals surface area contributed by atoms with Crippen molar-refractivity contribution in [3.05, 3.63) is 93.2 Å². The second kappa shape index (κ2) is 13.3. The van der Waals surface area contributed by atoms with Crippen molar-refractivity contribution in [3.63, 3.8) is 0 Å². The van der Waals surface area contributed by atoms with Gasteiger partial charge in [0.05, 0.1) is 11.1 Å². The van der Waals surface area contributed by atoms with Gasteiger partial charge in [-0.3, -0.25) is 9.59 Å². The summed E-state index contributed by atoms with van der Waals surface area (Å²) in [5.41, 5.74) is 2.12. The smallest absolute Gasteiger partial charge is 0.469 e. The molecule has 59 heavy (non-hydrogen) atoms. The van der Waals surface area contributed by atoms with Crippen LogP contribution in [0.15, 0.2) is 63.4 Å². The van der Waals surface area contributed by atoms with Crippen LogP contribution >= 0.6 is 31.5 Å². The van der Waals surface area contributed by atoms with Gasteiger partial charge in [0.25, 0.3) is 11.8 Å². The molecule has 18 heteroatoms. The summed E-state index contributed by atoms with van der Waals surface area (Å²) in [6.07, 6.45) is -0.404. The predicted octanol–water partition coefficient (Wildman–Crippen LogP) is 7.20. The number of hydrogen-bond donors (Lipinski definition) is 5. The number of amides is 2. The van der Waals surface area contributed by atoms with Gasteiger partial charge < -0.3 is 34.6 Å². The summed E-state index contributed by atoms with van der Waals surface area (Å²) in [7, 11) is -3.15. The van der Waals surface area contributed by atoms with E-state index >= 15 is 0 Å². The van der Waals surface area contributed by atoms with Crippen molar-refractivity contribution in [2.24, 2.45) is 5.92 Å². The Kier molecular flexibility index (Phi) is 8.51. The number of aliphatic hydroxyl groups is 1. The van der Waals surface area contributed by atoms with Crippen molar-refractivity contribution < 1.29 is 42.3 Å². The van der Waals surface area contributed by atoms with E-state index in [2.05, 4.69) is 20.9 Å². The number of halogens is 2. The molecule has 302 valence electrons. The minimum Gasteiger partial charge on any atom is -0.469 e. The van der Waals surface area contributed by atoms with E-state index in [-0.39, 0.29) is 64.3 Å². The number of aromatic nitrogens is 3. The number of carbonyl (C=O) groups is 2. The summed E-state index contributed by atoms with van der Waals surface area (Å²) >= 11 is 14.0. The third-order valence-electron chi connectivity index (χ3n) is 12.1. The second-order valence-electron chi connectivity index (χ2n) is 15.6. The molecule has 3 aromatic carbocycles. The van der Waals surface area contributed by atoms with Gasteiger partial charge in [0.15, 0.2) is 33.7 Å². The normalized spacial score (nSPS) is 21.2. The van der Waals surface area contributed by atoms with Crippen LogP contribution < -0.4 is 25.3 Å². The van der Waals surface area contributed by atoms with Gasteiger partial charge in [-0.05, 0) is 42.0 Å². The highest BCUT2D eigenvalue weighted by Crippen LogP contribution is 2.62. The Morgan fingerprint density at radius 2 is 1.85 bits per heavy atom. The number of nitrogens with zero attached hydrogens (tertiary/aromatic N) is 3. The lowest BCUT2D eigenvalue weighted by Crippen LogP contribution is -2.55. The molecule has 10 bridgehead atoms. The number of anilines is 1. The zero-order valence-electron chi connectivity index (χ0n) is 31.9. The van der Waals surface area contributed by atoms with Crippen LogP contribution in [0.5, 0.6) is 5.75 Å². The molecule has 3 aromatic heterocycles. The first-order chi connectivity index (χ1) is 28.3. The first-order valence-electron chi connectivity index (χ1n) is 19.2. The van der Waals surface area contributed by atoms with Crippen LogP contribution in [0.4, 0.5) is 5.69 Å². The number of para-hydroxylation sites is 1. The molecule has 4 unspecified atom stereocenters. The summed E-state index contributed by atoms with van der Waals surface area (Å²) < 4.78 is 38.9. The monoisotopic (exact) mass is 857 g/mol. The van der Waals surface area contributed by atoms with Gasteiger partial charge in [0.1, 0.15) is 28.8 Å². The highest BCUT2D eigenvalue weighted by atomic mass is 35.5. The maximum absolute atomic E-state index is 14.4. The summed E-state index contributed by atoms with van der Waals surface area (Å²) in [4.78, 5) is 47.6. The molecular weight excluding hydrogens is 822 g/mol. The molecule has 4 aliphatic heterocycles. The molecule has 0 fully saturated rings. The molecule has 5 N–H and O–H groups in total. The molecule has 7 heterocycles. The number of fused-ring (bicyclic) bond motifs is 7. The molecule has 0 saturated heterocycles. The fourth-order valence-electron chi connectivity index (χ4n) is 9.03. The average Bonchev–Trinajstić information content (AvgIpc) is 4.01. The quantitative estimate of drug-likeness (QED) is 0.101. The Bertz CT molecular complexity index is 2810. The van der Waals surface area contributed by atoms with Gasteiger partial charge in [0.2, 0.25) is 11.8 Å². The Morgan fingerprint density at radius 1 is 1.08 bits per heavy atom. The highest BCUT2D eigenvalue weighted by Gasteiger charge is 2.62. The van der Waals surface area contributed by atoms with E-state index in [4.69, 9.17) is 46.4 Å². The van der Waals surface area contributed by atoms with Crippen molar-refractivity contribution in [1.82, 2.24) is 25.3 Å². The summed E-state index contributed by atoms with van der Waals surface area (Å²) in [6, 6.07) is 14.9. The first-order valence-corrected chi connectivity index (χ1v) is 21.1. The Morgan fingerprint density at radius 3 is 2.59 bits per heavy atom. The maximum atomic E-state index is 14.4. The zero-order chi connectivity index (χ0) is 41.3. The molecule has 10 rings (SSSR count). The third-order valence-corrected chi connectivity index (χ3v) is 13.0. The minimum absolute atomic E-state index is 0.0335. The lowest BCUT2D eigenvalue weighted by molar-refractivity contribution is -0.143. The molecule has 0 radical (unpaired) electrons. The van der Waals surface area contributed by atoms with Crippen LogP contribution in [0.25, 0.3) is 44.9 Å². The van der Waals surface area contributed by atoms with Gasteiger partial charge in [-0.2, -0.15) is 4.98 Å². The Labute approximate surface area is 346 Å². The standard InChI is InChI=1S/C41H35Cl2N6O9P/c1-5-40(52,6-2)38(51)44-23-16-18-13-14-25-22(15-18)41-21-11-7-10-20(29(21)47-39(41)55-25)19-9-8-12-24-26(19)27(34(43)49(24)58-59(53)54)31-33(42)48-37(56-31)30-32(41)57-36(46-30)28(17(3)4)45-35(23)50/h7-15,17,23,28,39,47,52H,5-6,16H2,1-4H3,(H2-,44,45,50,51,53,54)/p+1/t23-,28?,39?,41?/m0/s1. The van der Waals surface area contributed by atoms with E-state index in [1.165, 1.54) is 0 Å². The van der Waals surface area contributed by atoms with Gasteiger partial charge in [-0.1, -0.05) is 93.4 Å². The number of benzene rings is 3. The summed E-state index contributed by atoms with van der Waals surface area (Å²) in [5.74, 6) is -0.442. The van der Waals surface area contributed by atoms with Crippen LogP contribution in [-0.4, -0.2) is 54.4 Å². The fraction of sp³-hybridized carbons (Fsp3) is 0.317. The molecule has 15 nitrogen and oxygen atoms in total. The van der Waals surface area contributed by atoms with E-state index in [1.807, 2.05) is 56.3 Å². The van der Waals surface area contributed by atoms with Gasteiger partial charge in [-0.25, -0.2) is 4.98 Å². The molecular formula is C41H36Cl2N6O9P+. The zero-order valence-corrected chi connectivity index (χ0v) is 34.3. The van der Waals surface area contributed by atoms with Crippen molar-refractivity contribution >= 4 is 59.9 Å². The minimum atomic E-state index is -3.15. The first kappa shape index (κ1) is 37.8. The van der Waals surface area contributed by atoms with E-state index in [9.17, 15) is 24.2 Å². The van der Waals surface area contributed by atoms with E-state index in [1.54, 1.807) is 26.0 Å². The molecule has 0 saturated carbocycles. The van der Waals surface area contributed by atoms with E-state index in [0.29, 0.717) is 44.8 Å². The molecule has 1 spiro atoms. The second-order valence-corrected chi connectivity index (χ2v) is 16.9. The van der Waals surface area contributed by atoms with Crippen LogP contribution in [-0.2, 0) is 26.0 Å². The number of ether oxygens (including phenoxy) is 1.